The Morgan fingerprint density at radius 3 is 2.64 bits per heavy atom. The number of amides is 1. The highest BCUT2D eigenvalue weighted by molar-refractivity contribution is 5.78. The molecule has 1 aromatic rings. The lowest BCUT2D eigenvalue weighted by molar-refractivity contribution is -0.120. The van der Waals surface area contributed by atoms with E-state index in [4.69, 9.17) is 14.2 Å². The van der Waals surface area contributed by atoms with E-state index in [1.807, 2.05) is 18.2 Å². The molecule has 1 aromatic carbocycles. The van der Waals surface area contributed by atoms with Crippen molar-refractivity contribution in [3.63, 3.8) is 0 Å². The highest BCUT2D eigenvalue weighted by Crippen LogP contribution is 2.27. The van der Waals surface area contributed by atoms with Crippen LogP contribution in [0.4, 0.5) is 0 Å². The molecule has 1 N–H and O–H groups in total. The highest BCUT2D eigenvalue weighted by atomic mass is 16.5. The molecule has 0 unspecified atom stereocenters. The fourth-order valence-electron chi connectivity index (χ4n) is 2.42. The molecule has 0 bridgehead atoms. The summed E-state index contributed by atoms with van der Waals surface area (Å²) in [5.74, 6) is 1.32. The van der Waals surface area contributed by atoms with Crippen LogP contribution in [0.1, 0.15) is 5.56 Å². The van der Waals surface area contributed by atoms with Crippen molar-refractivity contribution in [2.45, 2.75) is 6.42 Å². The summed E-state index contributed by atoms with van der Waals surface area (Å²) in [6.07, 6.45) is 0.337. The number of ether oxygens (including phenoxy) is 3. The van der Waals surface area contributed by atoms with Crippen LogP contribution >= 0.6 is 0 Å². The first-order valence-corrected chi connectivity index (χ1v) is 7.50. The van der Waals surface area contributed by atoms with E-state index in [-0.39, 0.29) is 5.91 Å². The molecule has 1 aliphatic heterocycles. The minimum Gasteiger partial charge on any atom is -0.493 e. The molecule has 22 heavy (non-hydrogen) atoms. The minimum atomic E-state index is 0.0143. The largest absolute Gasteiger partial charge is 0.493 e. The van der Waals surface area contributed by atoms with Gasteiger partial charge in [-0.1, -0.05) is 6.07 Å². The van der Waals surface area contributed by atoms with Gasteiger partial charge in [-0.05, 0) is 17.7 Å². The molecule has 1 amide bonds. The molecule has 1 fully saturated rings. The zero-order valence-electron chi connectivity index (χ0n) is 13.3. The van der Waals surface area contributed by atoms with Gasteiger partial charge >= 0.3 is 0 Å². The van der Waals surface area contributed by atoms with E-state index >= 15 is 0 Å². The lowest BCUT2D eigenvalue weighted by Crippen LogP contribution is -2.41. The lowest BCUT2D eigenvalue weighted by Gasteiger charge is -2.26. The topological polar surface area (TPSA) is 60.0 Å². The maximum atomic E-state index is 12.0. The summed E-state index contributed by atoms with van der Waals surface area (Å²) in [4.78, 5) is 14.3. The molecular weight excluding hydrogens is 284 g/mol. The second kappa shape index (κ2) is 8.60. The molecule has 0 aromatic heterocycles. The molecule has 1 saturated heterocycles. The fraction of sp³-hybridized carbons (Fsp3) is 0.562. The monoisotopic (exact) mass is 308 g/mol. The Labute approximate surface area is 131 Å². The van der Waals surface area contributed by atoms with Crippen LogP contribution in [-0.2, 0) is 16.0 Å². The van der Waals surface area contributed by atoms with Gasteiger partial charge < -0.3 is 19.5 Å². The van der Waals surface area contributed by atoms with Crippen LogP contribution in [0.2, 0.25) is 0 Å². The van der Waals surface area contributed by atoms with Gasteiger partial charge in [0.2, 0.25) is 5.91 Å². The van der Waals surface area contributed by atoms with Gasteiger partial charge in [-0.2, -0.15) is 0 Å². The van der Waals surface area contributed by atoms with Crippen LogP contribution < -0.4 is 14.8 Å². The van der Waals surface area contributed by atoms with Gasteiger partial charge in [-0.15, -0.1) is 0 Å². The lowest BCUT2D eigenvalue weighted by atomic mass is 10.1. The predicted octanol–water partition coefficient (Wildman–Crippen LogP) is 0.695. The van der Waals surface area contributed by atoms with Gasteiger partial charge in [0, 0.05) is 26.2 Å². The second-order valence-electron chi connectivity index (χ2n) is 5.17. The van der Waals surface area contributed by atoms with E-state index in [9.17, 15) is 4.79 Å². The molecule has 0 saturated carbocycles. The summed E-state index contributed by atoms with van der Waals surface area (Å²) < 4.78 is 15.7. The van der Waals surface area contributed by atoms with Gasteiger partial charge in [0.25, 0.3) is 0 Å². The smallest absolute Gasteiger partial charge is 0.224 e. The van der Waals surface area contributed by atoms with Crippen LogP contribution in [-0.4, -0.2) is 64.4 Å². The van der Waals surface area contributed by atoms with Crippen molar-refractivity contribution in [1.29, 1.82) is 0 Å². The second-order valence-corrected chi connectivity index (χ2v) is 5.17. The molecule has 1 aliphatic rings. The van der Waals surface area contributed by atoms with E-state index in [2.05, 4.69) is 10.2 Å². The van der Waals surface area contributed by atoms with Gasteiger partial charge in [-0.25, -0.2) is 0 Å². The van der Waals surface area contributed by atoms with Crippen molar-refractivity contribution in [1.82, 2.24) is 10.2 Å². The zero-order chi connectivity index (χ0) is 15.8. The molecule has 2 rings (SSSR count). The standard InChI is InChI=1S/C16H24N2O4/c1-20-14-4-3-13(11-15(14)21-2)12-16(19)17-5-6-18-7-9-22-10-8-18/h3-4,11H,5-10,12H2,1-2H3,(H,17,19). The van der Waals surface area contributed by atoms with E-state index in [1.54, 1.807) is 14.2 Å². The SMILES string of the molecule is COc1ccc(CC(=O)NCCN2CCOCC2)cc1OC. The molecule has 6 nitrogen and oxygen atoms in total. The molecule has 6 heteroatoms. The number of carbonyl (C=O) groups excluding carboxylic acids is 1. The minimum absolute atomic E-state index is 0.0143. The number of morpholine rings is 1. The summed E-state index contributed by atoms with van der Waals surface area (Å²) in [5.41, 5.74) is 0.904. The maximum absolute atomic E-state index is 12.0. The summed E-state index contributed by atoms with van der Waals surface area (Å²) in [6, 6.07) is 5.53. The van der Waals surface area contributed by atoms with E-state index < -0.39 is 0 Å². The number of rotatable bonds is 7. The Balaban J connectivity index is 1.76. The molecule has 1 heterocycles. The van der Waals surface area contributed by atoms with Crippen LogP contribution in [0.5, 0.6) is 11.5 Å². The Morgan fingerprint density at radius 1 is 1.23 bits per heavy atom. The van der Waals surface area contributed by atoms with Crippen molar-refractivity contribution >= 4 is 5.91 Å². The van der Waals surface area contributed by atoms with Crippen molar-refractivity contribution < 1.29 is 19.0 Å². The quantitative estimate of drug-likeness (QED) is 0.803. The fourth-order valence-corrected chi connectivity index (χ4v) is 2.42. The summed E-state index contributed by atoms with van der Waals surface area (Å²) >= 11 is 0. The maximum Gasteiger partial charge on any atom is 0.224 e. The van der Waals surface area contributed by atoms with Gasteiger partial charge in [-0.3, -0.25) is 9.69 Å². The van der Waals surface area contributed by atoms with Crippen molar-refractivity contribution in [2.75, 3.05) is 53.6 Å². The van der Waals surface area contributed by atoms with Gasteiger partial charge in [0.05, 0.1) is 33.9 Å². The highest BCUT2D eigenvalue weighted by Gasteiger charge is 2.11. The van der Waals surface area contributed by atoms with E-state index in [0.717, 1.165) is 38.4 Å². The van der Waals surface area contributed by atoms with Crippen molar-refractivity contribution in [2.24, 2.45) is 0 Å². The normalized spacial score (nSPS) is 15.4. The van der Waals surface area contributed by atoms with Crippen LogP contribution in [0, 0.1) is 0 Å². The van der Waals surface area contributed by atoms with Gasteiger partial charge in [0.15, 0.2) is 11.5 Å². The van der Waals surface area contributed by atoms with E-state index in [1.165, 1.54) is 0 Å². The first-order valence-electron chi connectivity index (χ1n) is 7.50. The van der Waals surface area contributed by atoms with Crippen LogP contribution in [0.25, 0.3) is 0 Å². The molecule has 0 atom stereocenters. The van der Waals surface area contributed by atoms with Crippen LogP contribution in [0.3, 0.4) is 0 Å². The molecule has 122 valence electrons. The number of nitrogens with one attached hydrogen (secondary N) is 1. The first kappa shape index (κ1) is 16.6. The average molecular weight is 308 g/mol. The van der Waals surface area contributed by atoms with Crippen molar-refractivity contribution in [3.05, 3.63) is 23.8 Å². The molecular formula is C16H24N2O4. The number of methoxy groups -OCH3 is 2. The molecule has 0 radical (unpaired) electrons. The summed E-state index contributed by atoms with van der Waals surface area (Å²) in [7, 11) is 3.18. The average Bonchev–Trinajstić information content (AvgIpc) is 2.55. The Kier molecular flexibility index (Phi) is 6.48. The first-order chi connectivity index (χ1) is 10.7. The Hall–Kier alpha value is -1.79. The zero-order valence-corrected chi connectivity index (χ0v) is 13.3. The van der Waals surface area contributed by atoms with Crippen molar-refractivity contribution in [3.8, 4) is 11.5 Å². The summed E-state index contributed by atoms with van der Waals surface area (Å²) in [6.45, 7) is 4.95. The van der Waals surface area contributed by atoms with Crippen LogP contribution in [0.15, 0.2) is 18.2 Å². The number of hydrogen-bond donors (Lipinski definition) is 1. The number of hydrogen-bond acceptors (Lipinski definition) is 5. The third-order valence-electron chi connectivity index (χ3n) is 3.67. The van der Waals surface area contributed by atoms with E-state index in [0.29, 0.717) is 24.5 Å². The van der Waals surface area contributed by atoms with Gasteiger partial charge in [0.1, 0.15) is 0 Å². The molecule has 0 aliphatic carbocycles. The molecule has 0 spiro atoms. The predicted molar refractivity (Wildman–Crippen MR) is 83.5 cm³/mol. The number of nitrogens with zero attached hydrogens (tertiary/aromatic N) is 1. The third-order valence-corrected chi connectivity index (χ3v) is 3.67. The summed E-state index contributed by atoms with van der Waals surface area (Å²) in [5, 5.41) is 2.95. The number of benzene rings is 1. The Bertz CT molecular complexity index is 487. The number of carbonyl (C=O) groups is 1. The third kappa shape index (κ3) is 4.89. The Morgan fingerprint density at radius 2 is 1.95 bits per heavy atom.